The van der Waals surface area contributed by atoms with E-state index in [0.717, 1.165) is 42.9 Å². The molecule has 0 aromatic carbocycles. The number of morpholine rings is 1. The van der Waals surface area contributed by atoms with Crippen LogP contribution >= 0.6 is 0 Å². The molecule has 1 aliphatic heterocycles. The molecule has 1 saturated heterocycles. The smallest absolute Gasteiger partial charge is 0.0594 e. The SMILES string of the molecule is C1CN(C2C3CC4CC(C3)CC2C4)CCO1. The van der Waals surface area contributed by atoms with Crippen LogP contribution in [0.2, 0.25) is 0 Å². The Balaban J connectivity index is 1.55. The van der Waals surface area contributed by atoms with Gasteiger partial charge in [-0.25, -0.2) is 0 Å². The molecule has 16 heavy (non-hydrogen) atoms. The quantitative estimate of drug-likeness (QED) is 0.672. The van der Waals surface area contributed by atoms with Gasteiger partial charge in [-0.2, -0.15) is 0 Å². The summed E-state index contributed by atoms with van der Waals surface area (Å²) >= 11 is 0. The van der Waals surface area contributed by atoms with Crippen molar-refractivity contribution in [2.24, 2.45) is 23.7 Å². The first-order chi connectivity index (χ1) is 7.90. The van der Waals surface area contributed by atoms with Gasteiger partial charge < -0.3 is 4.74 Å². The largest absolute Gasteiger partial charge is 0.379 e. The van der Waals surface area contributed by atoms with E-state index in [2.05, 4.69) is 4.90 Å². The lowest BCUT2D eigenvalue weighted by Gasteiger charge is -2.57. The molecule has 0 spiro atoms. The molecule has 4 saturated carbocycles. The minimum atomic E-state index is 0.941. The third kappa shape index (κ3) is 1.46. The summed E-state index contributed by atoms with van der Waals surface area (Å²) in [4.78, 5) is 2.77. The molecule has 0 N–H and O–H groups in total. The maximum Gasteiger partial charge on any atom is 0.0594 e. The van der Waals surface area contributed by atoms with E-state index in [0.29, 0.717) is 0 Å². The van der Waals surface area contributed by atoms with E-state index < -0.39 is 0 Å². The fraction of sp³-hybridized carbons (Fsp3) is 1.00. The molecule has 5 rings (SSSR count). The van der Waals surface area contributed by atoms with Gasteiger partial charge in [-0.05, 0) is 55.8 Å². The van der Waals surface area contributed by atoms with Crippen LogP contribution in [0.5, 0.6) is 0 Å². The molecule has 2 nitrogen and oxygen atoms in total. The van der Waals surface area contributed by atoms with Gasteiger partial charge in [0.1, 0.15) is 0 Å². The summed E-state index contributed by atoms with van der Waals surface area (Å²) in [7, 11) is 0. The van der Waals surface area contributed by atoms with Crippen LogP contribution in [0.4, 0.5) is 0 Å². The Morgan fingerprint density at radius 1 is 0.750 bits per heavy atom. The van der Waals surface area contributed by atoms with Gasteiger partial charge in [0.25, 0.3) is 0 Å². The molecule has 5 fully saturated rings. The predicted molar refractivity (Wildman–Crippen MR) is 63.2 cm³/mol. The second-order valence-corrected chi connectivity index (χ2v) is 6.57. The van der Waals surface area contributed by atoms with Gasteiger partial charge in [-0.3, -0.25) is 4.90 Å². The average molecular weight is 221 g/mol. The first-order valence-corrected chi connectivity index (χ1v) is 7.22. The van der Waals surface area contributed by atoms with Gasteiger partial charge in [0.05, 0.1) is 13.2 Å². The topological polar surface area (TPSA) is 12.5 Å². The summed E-state index contributed by atoms with van der Waals surface area (Å²) in [5.41, 5.74) is 0. The summed E-state index contributed by atoms with van der Waals surface area (Å²) in [5, 5.41) is 0. The van der Waals surface area contributed by atoms with Gasteiger partial charge in [0.2, 0.25) is 0 Å². The highest BCUT2D eigenvalue weighted by atomic mass is 16.5. The minimum Gasteiger partial charge on any atom is -0.379 e. The number of nitrogens with zero attached hydrogens (tertiary/aromatic N) is 1. The monoisotopic (exact) mass is 221 g/mol. The van der Waals surface area contributed by atoms with Gasteiger partial charge >= 0.3 is 0 Å². The molecule has 5 aliphatic rings. The van der Waals surface area contributed by atoms with Crippen molar-refractivity contribution in [3.05, 3.63) is 0 Å². The molecule has 0 aromatic rings. The van der Waals surface area contributed by atoms with Crippen LogP contribution < -0.4 is 0 Å². The average Bonchev–Trinajstić information content (AvgIpc) is 2.29. The van der Waals surface area contributed by atoms with Crippen molar-refractivity contribution in [3.63, 3.8) is 0 Å². The van der Waals surface area contributed by atoms with Crippen LogP contribution in [-0.4, -0.2) is 37.2 Å². The zero-order valence-corrected chi connectivity index (χ0v) is 10.1. The molecule has 0 unspecified atom stereocenters. The minimum absolute atomic E-state index is 0.941. The Kier molecular flexibility index (Phi) is 2.29. The van der Waals surface area contributed by atoms with Gasteiger partial charge in [-0.15, -0.1) is 0 Å². The maximum absolute atomic E-state index is 5.50. The Labute approximate surface area is 98.3 Å². The fourth-order valence-corrected chi connectivity index (χ4v) is 5.37. The van der Waals surface area contributed by atoms with Crippen LogP contribution in [0.3, 0.4) is 0 Å². The van der Waals surface area contributed by atoms with E-state index in [4.69, 9.17) is 4.74 Å². The first kappa shape index (κ1) is 9.90. The van der Waals surface area contributed by atoms with Crippen molar-refractivity contribution in [2.45, 2.75) is 38.1 Å². The Hall–Kier alpha value is -0.0800. The first-order valence-electron chi connectivity index (χ1n) is 7.22. The van der Waals surface area contributed by atoms with E-state index in [-0.39, 0.29) is 0 Å². The van der Waals surface area contributed by atoms with Crippen molar-refractivity contribution >= 4 is 0 Å². The zero-order chi connectivity index (χ0) is 10.5. The van der Waals surface area contributed by atoms with Gasteiger partial charge in [0.15, 0.2) is 0 Å². The van der Waals surface area contributed by atoms with E-state index in [1.165, 1.54) is 13.1 Å². The third-order valence-electron chi connectivity index (χ3n) is 5.64. The molecule has 0 radical (unpaired) electrons. The Morgan fingerprint density at radius 3 is 1.88 bits per heavy atom. The number of rotatable bonds is 1. The second-order valence-electron chi connectivity index (χ2n) is 6.57. The van der Waals surface area contributed by atoms with Crippen molar-refractivity contribution < 1.29 is 4.74 Å². The van der Waals surface area contributed by atoms with E-state index in [1.807, 2.05) is 0 Å². The lowest BCUT2D eigenvalue weighted by Crippen LogP contribution is -2.58. The maximum atomic E-state index is 5.50. The molecular weight excluding hydrogens is 198 g/mol. The molecule has 0 atom stereocenters. The van der Waals surface area contributed by atoms with Crippen molar-refractivity contribution in [3.8, 4) is 0 Å². The molecule has 90 valence electrons. The molecule has 1 heterocycles. The van der Waals surface area contributed by atoms with E-state index in [1.54, 1.807) is 32.1 Å². The van der Waals surface area contributed by atoms with Crippen molar-refractivity contribution in [2.75, 3.05) is 26.3 Å². The summed E-state index contributed by atoms with van der Waals surface area (Å²) in [6.07, 6.45) is 7.77. The highest BCUT2D eigenvalue weighted by molar-refractivity contribution is 5.02. The highest BCUT2D eigenvalue weighted by Gasteiger charge is 2.49. The lowest BCUT2D eigenvalue weighted by molar-refractivity contribution is -0.0913. The fourth-order valence-electron chi connectivity index (χ4n) is 5.37. The second kappa shape index (κ2) is 3.71. The van der Waals surface area contributed by atoms with Gasteiger partial charge in [-0.1, -0.05) is 0 Å². The third-order valence-corrected chi connectivity index (χ3v) is 5.64. The van der Waals surface area contributed by atoms with Crippen LogP contribution in [0.25, 0.3) is 0 Å². The predicted octanol–water partition coefficient (Wildman–Crippen LogP) is 2.14. The number of hydrogen-bond acceptors (Lipinski definition) is 2. The molecular formula is C14H23NO. The number of ether oxygens (including phenoxy) is 1. The normalized spacial score (nSPS) is 52.1. The molecule has 0 aromatic heterocycles. The van der Waals surface area contributed by atoms with Crippen molar-refractivity contribution in [1.29, 1.82) is 0 Å². The Bertz CT molecular complexity index is 241. The summed E-state index contributed by atoms with van der Waals surface area (Å²) < 4.78 is 5.50. The summed E-state index contributed by atoms with van der Waals surface area (Å²) in [6, 6.07) is 0.941. The molecule has 2 heteroatoms. The van der Waals surface area contributed by atoms with Gasteiger partial charge in [0, 0.05) is 19.1 Å². The lowest BCUT2D eigenvalue weighted by atomic mass is 9.54. The Morgan fingerprint density at radius 2 is 1.31 bits per heavy atom. The zero-order valence-electron chi connectivity index (χ0n) is 10.1. The summed E-state index contributed by atoms with van der Waals surface area (Å²) in [6.45, 7) is 4.35. The van der Waals surface area contributed by atoms with Crippen LogP contribution in [0.1, 0.15) is 32.1 Å². The van der Waals surface area contributed by atoms with Crippen LogP contribution in [0, 0.1) is 23.7 Å². The molecule has 4 bridgehead atoms. The standard InChI is InChI=1S/C14H23NO/c1-3-16-4-2-15(1)14-12-6-10-5-11(8-12)9-13(14)7-10/h10-14H,1-9H2. The number of hydrogen-bond donors (Lipinski definition) is 0. The van der Waals surface area contributed by atoms with Crippen LogP contribution in [-0.2, 0) is 4.74 Å². The van der Waals surface area contributed by atoms with Crippen LogP contribution in [0.15, 0.2) is 0 Å². The van der Waals surface area contributed by atoms with E-state index >= 15 is 0 Å². The molecule has 0 amide bonds. The summed E-state index contributed by atoms with van der Waals surface area (Å²) in [5.74, 6) is 4.32. The van der Waals surface area contributed by atoms with E-state index in [9.17, 15) is 0 Å². The van der Waals surface area contributed by atoms with Crippen molar-refractivity contribution in [1.82, 2.24) is 4.90 Å². The highest BCUT2D eigenvalue weighted by Crippen LogP contribution is 2.55. The molecule has 4 aliphatic carbocycles.